The van der Waals surface area contributed by atoms with Gasteiger partial charge >= 0.3 is 0 Å². The monoisotopic (exact) mass is 350 g/mol. The smallest absolute Gasteiger partial charge is 0.227 e. The highest BCUT2D eigenvalue weighted by Gasteiger charge is 2.35. The first-order valence-corrected chi connectivity index (χ1v) is 9.18. The zero-order chi connectivity index (χ0) is 18.7. The minimum Gasteiger partial charge on any atom is -0.352 e. The van der Waals surface area contributed by atoms with E-state index in [-0.39, 0.29) is 24.2 Å². The van der Waals surface area contributed by atoms with Crippen LogP contribution in [0.2, 0.25) is 0 Å². The summed E-state index contributed by atoms with van der Waals surface area (Å²) in [6, 6.07) is 16.1. The number of hydrogen-bond acceptors (Lipinski definition) is 2. The number of benzene rings is 2. The van der Waals surface area contributed by atoms with Crippen molar-refractivity contribution in [1.82, 2.24) is 5.32 Å². The van der Waals surface area contributed by atoms with Crippen molar-refractivity contribution in [2.75, 3.05) is 11.4 Å². The van der Waals surface area contributed by atoms with Gasteiger partial charge in [-0.05, 0) is 30.0 Å². The van der Waals surface area contributed by atoms with Gasteiger partial charge in [-0.15, -0.1) is 0 Å². The highest BCUT2D eigenvalue weighted by atomic mass is 16.2. The van der Waals surface area contributed by atoms with Crippen LogP contribution in [-0.2, 0) is 16.1 Å². The normalized spacial score (nSPS) is 17.0. The Kier molecular flexibility index (Phi) is 5.40. The van der Waals surface area contributed by atoms with E-state index in [1.807, 2.05) is 49.4 Å². The topological polar surface area (TPSA) is 49.4 Å². The molecule has 2 aromatic carbocycles. The first kappa shape index (κ1) is 18.2. The molecule has 0 aliphatic carbocycles. The van der Waals surface area contributed by atoms with E-state index >= 15 is 0 Å². The Morgan fingerprint density at radius 3 is 2.54 bits per heavy atom. The van der Waals surface area contributed by atoms with E-state index in [0.29, 0.717) is 19.0 Å². The summed E-state index contributed by atoms with van der Waals surface area (Å²) in [5, 5.41) is 2.97. The van der Waals surface area contributed by atoms with Crippen molar-refractivity contribution < 1.29 is 9.59 Å². The van der Waals surface area contributed by atoms with Crippen molar-refractivity contribution >= 4 is 17.5 Å². The van der Waals surface area contributed by atoms with E-state index in [1.54, 1.807) is 4.90 Å². The number of amides is 2. The number of rotatable bonds is 5. The van der Waals surface area contributed by atoms with Crippen LogP contribution in [0, 0.1) is 12.8 Å². The lowest BCUT2D eigenvalue weighted by Crippen LogP contribution is -2.32. The van der Waals surface area contributed by atoms with Gasteiger partial charge < -0.3 is 10.2 Å². The van der Waals surface area contributed by atoms with Gasteiger partial charge in [-0.2, -0.15) is 0 Å². The van der Waals surface area contributed by atoms with Gasteiger partial charge in [0.05, 0.1) is 5.92 Å². The molecule has 1 heterocycles. The van der Waals surface area contributed by atoms with Crippen molar-refractivity contribution in [3.8, 4) is 0 Å². The van der Waals surface area contributed by atoms with Gasteiger partial charge in [0.2, 0.25) is 11.8 Å². The molecule has 0 saturated carbocycles. The number of carbonyl (C=O) groups excluding carboxylic acids is 2. The summed E-state index contributed by atoms with van der Waals surface area (Å²) in [6.07, 6.45) is 0.270. The quantitative estimate of drug-likeness (QED) is 0.892. The largest absolute Gasteiger partial charge is 0.352 e. The molecule has 0 bridgehead atoms. The second-order valence-corrected chi connectivity index (χ2v) is 7.32. The predicted molar refractivity (Wildman–Crippen MR) is 104 cm³/mol. The minimum absolute atomic E-state index is 0.0218. The summed E-state index contributed by atoms with van der Waals surface area (Å²) < 4.78 is 0. The first-order valence-electron chi connectivity index (χ1n) is 9.18. The fraction of sp³-hybridized carbons (Fsp3) is 0.364. The van der Waals surface area contributed by atoms with Crippen LogP contribution in [0.1, 0.15) is 42.9 Å². The second-order valence-electron chi connectivity index (χ2n) is 7.32. The number of nitrogens with one attached hydrogen (secondary N) is 1. The molecule has 0 spiro atoms. The van der Waals surface area contributed by atoms with E-state index < -0.39 is 0 Å². The van der Waals surface area contributed by atoms with Gasteiger partial charge in [-0.3, -0.25) is 9.59 Å². The maximum Gasteiger partial charge on any atom is 0.227 e. The van der Waals surface area contributed by atoms with Gasteiger partial charge in [-0.25, -0.2) is 0 Å². The molecular weight excluding hydrogens is 324 g/mol. The van der Waals surface area contributed by atoms with Crippen LogP contribution in [0.15, 0.2) is 48.5 Å². The Labute approximate surface area is 155 Å². The number of aryl methyl sites for hydroxylation is 1. The summed E-state index contributed by atoms with van der Waals surface area (Å²) in [5.74, 6) is -0.00128. The zero-order valence-electron chi connectivity index (χ0n) is 15.7. The molecule has 3 rings (SSSR count). The third kappa shape index (κ3) is 3.96. The number of carbonyl (C=O) groups is 2. The molecule has 1 aliphatic rings. The van der Waals surface area contributed by atoms with E-state index in [4.69, 9.17) is 0 Å². The summed E-state index contributed by atoms with van der Waals surface area (Å²) in [7, 11) is 0. The highest BCUT2D eigenvalue weighted by molar-refractivity contribution is 6.00. The molecule has 136 valence electrons. The Balaban J connectivity index is 1.66. The highest BCUT2D eigenvalue weighted by Crippen LogP contribution is 2.32. The molecule has 1 N–H and O–H groups in total. The SMILES string of the molecule is Cc1ccc(CNC(=O)C2CC(=O)N(c3ccccc3C(C)C)C2)cc1. The lowest BCUT2D eigenvalue weighted by Gasteiger charge is -2.22. The molecule has 1 unspecified atom stereocenters. The van der Waals surface area contributed by atoms with Crippen molar-refractivity contribution in [2.45, 2.75) is 39.7 Å². The summed E-state index contributed by atoms with van der Waals surface area (Å²) in [5.41, 5.74) is 4.33. The van der Waals surface area contributed by atoms with Crippen molar-refractivity contribution in [3.05, 3.63) is 65.2 Å². The van der Waals surface area contributed by atoms with Crippen molar-refractivity contribution in [3.63, 3.8) is 0 Å². The fourth-order valence-electron chi connectivity index (χ4n) is 3.38. The van der Waals surface area contributed by atoms with E-state index in [2.05, 4.69) is 25.2 Å². The Bertz CT molecular complexity index is 796. The molecule has 4 nitrogen and oxygen atoms in total. The van der Waals surface area contributed by atoms with E-state index in [9.17, 15) is 9.59 Å². The standard InChI is InChI=1S/C22H26N2O2/c1-15(2)19-6-4-5-7-20(19)24-14-18(12-21(24)25)22(26)23-13-17-10-8-16(3)9-11-17/h4-11,15,18H,12-14H2,1-3H3,(H,23,26). The van der Waals surface area contributed by atoms with Crippen molar-refractivity contribution in [2.24, 2.45) is 5.92 Å². The molecule has 2 aromatic rings. The Morgan fingerprint density at radius 1 is 1.15 bits per heavy atom. The first-order chi connectivity index (χ1) is 12.5. The van der Waals surface area contributed by atoms with Crippen LogP contribution in [-0.4, -0.2) is 18.4 Å². The summed E-state index contributed by atoms with van der Waals surface area (Å²) >= 11 is 0. The van der Waals surface area contributed by atoms with E-state index in [1.165, 1.54) is 5.56 Å². The Hall–Kier alpha value is -2.62. The fourth-order valence-corrected chi connectivity index (χ4v) is 3.38. The van der Waals surface area contributed by atoms with E-state index in [0.717, 1.165) is 16.8 Å². The third-order valence-electron chi connectivity index (χ3n) is 4.93. The molecule has 0 radical (unpaired) electrons. The molecule has 0 aromatic heterocycles. The molecule has 1 aliphatic heterocycles. The number of para-hydroxylation sites is 1. The number of nitrogens with zero attached hydrogens (tertiary/aromatic N) is 1. The average molecular weight is 350 g/mol. The maximum absolute atomic E-state index is 12.5. The lowest BCUT2D eigenvalue weighted by atomic mass is 10.0. The average Bonchev–Trinajstić information content (AvgIpc) is 3.02. The Morgan fingerprint density at radius 2 is 1.85 bits per heavy atom. The lowest BCUT2D eigenvalue weighted by molar-refractivity contribution is -0.126. The van der Waals surface area contributed by atoms with Crippen LogP contribution in [0.25, 0.3) is 0 Å². The van der Waals surface area contributed by atoms with Gasteiger partial charge in [0.15, 0.2) is 0 Å². The molecular formula is C22H26N2O2. The van der Waals surface area contributed by atoms with Crippen LogP contribution >= 0.6 is 0 Å². The van der Waals surface area contributed by atoms with Gasteiger partial charge in [-0.1, -0.05) is 61.9 Å². The predicted octanol–water partition coefficient (Wildman–Crippen LogP) is 3.79. The van der Waals surface area contributed by atoms with Crippen LogP contribution in [0.3, 0.4) is 0 Å². The van der Waals surface area contributed by atoms with Crippen LogP contribution in [0.5, 0.6) is 0 Å². The number of anilines is 1. The van der Waals surface area contributed by atoms with Crippen molar-refractivity contribution in [1.29, 1.82) is 0 Å². The summed E-state index contributed by atoms with van der Waals surface area (Å²) in [4.78, 5) is 26.8. The van der Waals surface area contributed by atoms with Crippen LogP contribution < -0.4 is 10.2 Å². The summed E-state index contributed by atoms with van der Waals surface area (Å²) in [6.45, 7) is 7.21. The zero-order valence-corrected chi connectivity index (χ0v) is 15.7. The molecule has 1 saturated heterocycles. The van der Waals surface area contributed by atoms with Crippen LogP contribution in [0.4, 0.5) is 5.69 Å². The molecule has 1 atom stereocenters. The molecule has 2 amide bonds. The molecule has 26 heavy (non-hydrogen) atoms. The van der Waals surface area contributed by atoms with Gasteiger partial charge in [0, 0.05) is 25.2 Å². The van der Waals surface area contributed by atoms with Gasteiger partial charge in [0.1, 0.15) is 0 Å². The number of hydrogen-bond donors (Lipinski definition) is 1. The molecule has 4 heteroatoms. The third-order valence-corrected chi connectivity index (χ3v) is 4.93. The molecule has 1 fully saturated rings. The van der Waals surface area contributed by atoms with Gasteiger partial charge in [0.25, 0.3) is 0 Å². The minimum atomic E-state index is -0.298. The second kappa shape index (κ2) is 7.73. The maximum atomic E-state index is 12.5.